The number of rotatable bonds is 3. The van der Waals surface area contributed by atoms with E-state index in [-0.39, 0.29) is 18.1 Å². The molecule has 6 heteroatoms. The Hall–Kier alpha value is -2.34. The Morgan fingerprint density at radius 3 is 2.81 bits per heavy atom. The van der Waals surface area contributed by atoms with Crippen molar-refractivity contribution in [3.8, 4) is 0 Å². The Kier molecular flexibility index (Phi) is 5.93. The van der Waals surface area contributed by atoms with Gasteiger partial charge in [-0.2, -0.15) is 5.10 Å². The summed E-state index contributed by atoms with van der Waals surface area (Å²) in [4.78, 5) is 13.3. The molecule has 2 N–H and O–H groups in total. The van der Waals surface area contributed by atoms with Crippen LogP contribution in [0.4, 0.5) is 4.79 Å². The van der Waals surface area contributed by atoms with Gasteiger partial charge in [0.25, 0.3) is 0 Å². The number of ether oxygens (including phenoxy) is 1. The second-order valence-electron chi connectivity index (χ2n) is 6.98. The van der Waals surface area contributed by atoms with Gasteiger partial charge < -0.3 is 14.7 Å². The first-order chi connectivity index (χ1) is 12.6. The molecule has 6 nitrogen and oxygen atoms in total. The van der Waals surface area contributed by atoms with Gasteiger partial charge in [0.1, 0.15) is 0 Å². The normalized spacial score (nSPS) is 23.1. The Balaban J connectivity index is 1.91. The Bertz CT molecular complexity index is 700. The van der Waals surface area contributed by atoms with Gasteiger partial charge in [0.2, 0.25) is 0 Å². The number of allylic oxidation sites excluding steroid dienone is 1. The van der Waals surface area contributed by atoms with Crippen LogP contribution >= 0.6 is 0 Å². The minimum absolute atomic E-state index is 0.215. The van der Waals surface area contributed by atoms with E-state index in [1.807, 2.05) is 18.2 Å². The van der Waals surface area contributed by atoms with Gasteiger partial charge in [-0.25, -0.2) is 4.79 Å². The van der Waals surface area contributed by atoms with Crippen LogP contribution in [0.3, 0.4) is 0 Å². The second kappa shape index (κ2) is 8.36. The van der Waals surface area contributed by atoms with Crippen LogP contribution in [0.1, 0.15) is 37.7 Å². The predicted octanol–water partition coefficient (Wildman–Crippen LogP) is 2.89. The smallest absolute Gasteiger partial charge is 0.409 e. The number of amides is 1. The van der Waals surface area contributed by atoms with Crippen LogP contribution in [0.5, 0.6) is 0 Å². The van der Waals surface area contributed by atoms with Gasteiger partial charge in [0.05, 0.1) is 31.2 Å². The lowest BCUT2D eigenvalue weighted by molar-refractivity contribution is 0.135. The maximum Gasteiger partial charge on any atom is 0.409 e. The van der Waals surface area contributed by atoms with Gasteiger partial charge in [-0.3, -0.25) is 5.43 Å². The fraction of sp³-hybridized carbons (Fsp3) is 0.500. The highest BCUT2D eigenvalue weighted by Gasteiger charge is 2.31. The third kappa shape index (κ3) is 4.07. The molecule has 0 bridgehead atoms. The molecule has 2 unspecified atom stereocenters. The molecule has 0 saturated heterocycles. The summed E-state index contributed by atoms with van der Waals surface area (Å²) in [6, 6.07) is 10.2. The van der Waals surface area contributed by atoms with Crippen molar-refractivity contribution < 1.29 is 14.6 Å². The molecule has 2 atom stereocenters. The Morgan fingerprint density at radius 2 is 2.08 bits per heavy atom. The summed E-state index contributed by atoms with van der Waals surface area (Å²) >= 11 is 0. The molecule has 1 aliphatic heterocycles. The summed E-state index contributed by atoms with van der Waals surface area (Å²) in [6.45, 7) is 0.417. The van der Waals surface area contributed by atoms with Crippen LogP contribution < -0.4 is 5.43 Å². The van der Waals surface area contributed by atoms with E-state index in [2.05, 4.69) is 22.7 Å². The number of carbonyl (C=O) groups is 1. The molecular formula is C20H27N3O3. The number of nitrogens with one attached hydrogen (secondary N) is 1. The van der Waals surface area contributed by atoms with Gasteiger partial charge in [-0.1, -0.05) is 30.3 Å². The molecule has 26 heavy (non-hydrogen) atoms. The van der Waals surface area contributed by atoms with Crippen LogP contribution in [-0.2, 0) is 4.74 Å². The lowest BCUT2D eigenvalue weighted by Crippen LogP contribution is -2.37. The van der Waals surface area contributed by atoms with Crippen molar-refractivity contribution in [2.45, 2.75) is 38.2 Å². The molecule has 1 saturated carbocycles. The van der Waals surface area contributed by atoms with Crippen LogP contribution in [0.2, 0.25) is 0 Å². The molecule has 1 fully saturated rings. The first-order valence-corrected chi connectivity index (χ1v) is 9.18. The maximum absolute atomic E-state index is 11.8. The SMILES string of the molecule is COC(=O)N(C)CC1=C2CCC(O)CCCC2C(c2ccccc2)=NN1. The van der Waals surface area contributed by atoms with Crippen molar-refractivity contribution in [3.05, 3.63) is 47.2 Å². The number of methoxy groups -OCH3 is 1. The minimum atomic E-state index is -0.375. The van der Waals surface area contributed by atoms with Crippen LogP contribution in [-0.4, -0.2) is 48.6 Å². The summed E-state index contributed by atoms with van der Waals surface area (Å²) in [5.41, 5.74) is 7.52. The molecular weight excluding hydrogens is 330 g/mol. The number of nitrogens with zero attached hydrogens (tertiary/aromatic N) is 2. The van der Waals surface area contributed by atoms with E-state index in [1.54, 1.807) is 7.05 Å². The first-order valence-electron chi connectivity index (χ1n) is 9.18. The Labute approximate surface area is 154 Å². The topological polar surface area (TPSA) is 74.2 Å². The summed E-state index contributed by atoms with van der Waals surface area (Å²) in [5.74, 6) is 0.215. The molecule has 2 aliphatic rings. The Morgan fingerprint density at radius 1 is 1.31 bits per heavy atom. The maximum atomic E-state index is 11.8. The number of fused-ring (bicyclic) bond motifs is 1. The molecule has 1 heterocycles. The highest BCUT2D eigenvalue weighted by atomic mass is 16.5. The lowest BCUT2D eigenvalue weighted by Gasteiger charge is -2.33. The fourth-order valence-corrected chi connectivity index (χ4v) is 3.78. The predicted molar refractivity (Wildman–Crippen MR) is 101 cm³/mol. The van der Waals surface area contributed by atoms with Crippen molar-refractivity contribution in [2.75, 3.05) is 20.7 Å². The van der Waals surface area contributed by atoms with Gasteiger partial charge in [0.15, 0.2) is 0 Å². The zero-order chi connectivity index (χ0) is 18.5. The number of benzene rings is 1. The summed E-state index contributed by atoms with van der Waals surface area (Å²) < 4.78 is 4.80. The van der Waals surface area contributed by atoms with Crippen molar-refractivity contribution in [1.29, 1.82) is 0 Å². The molecule has 1 aliphatic carbocycles. The number of hydrogen-bond acceptors (Lipinski definition) is 5. The standard InChI is InChI=1S/C20H27N3O3/c1-23(20(25)26-2)13-18-16-12-11-15(24)9-6-10-17(16)19(22-21-18)14-7-4-3-5-8-14/h3-5,7-8,15,17,21,24H,6,9-13H2,1-2H3. The largest absolute Gasteiger partial charge is 0.453 e. The summed E-state index contributed by atoms with van der Waals surface area (Å²) in [5, 5.41) is 14.8. The molecule has 1 aromatic rings. The molecule has 0 spiro atoms. The van der Waals surface area contributed by atoms with Crippen molar-refractivity contribution in [3.63, 3.8) is 0 Å². The number of likely N-dealkylation sites (N-methyl/N-ethyl adjacent to an activating group) is 1. The molecule has 1 amide bonds. The third-order valence-corrected chi connectivity index (χ3v) is 5.18. The van der Waals surface area contributed by atoms with E-state index in [9.17, 15) is 9.90 Å². The van der Waals surface area contributed by atoms with Gasteiger partial charge >= 0.3 is 6.09 Å². The minimum Gasteiger partial charge on any atom is -0.453 e. The lowest BCUT2D eigenvalue weighted by atomic mass is 9.79. The third-order valence-electron chi connectivity index (χ3n) is 5.18. The monoisotopic (exact) mass is 357 g/mol. The molecule has 3 rings (SSSR count). The highest BCUT2D eigenvalue weighted by molar-refractivity contribution is 6.04. The van der Waals surface area contributed by atoms with E-state index >= 15 is 0 Å². The van der Waals surface area contributed by atoms with Crippen LogP contribution in [0, 0.1) is 5.92 Å². The fourth-order valence-electron chi connectivity index (χ4n) is 3.78. The number of aliphatic hydroxyl groups is 1. The average Bonchev–Trinajstić information content (AvgIpc) is 2.65. The van der Waals surface area contributed by atoms with Gasteiger partial charge in [-0.05, 0) is 43.2 Å². The number of aliphatic hydroxyl groups excluding tert-OH is 1. The van der Waals surface area contributed by atoms with E-state index in [0.29, 0.717) is 6.54 Å². The van der Waals surface area contributed by atoms with Crippen LogP contribution in [0.15, 0.2) is 46.7 Å². The highest BCUT2D eigenvalue weighted by Crippen LogP contribution is 2.34. The number of hydrogen-bond donors (Lipinski definition) is 2. The zero-order valence-electron chi connectivity index (χ0n) is 15.4. The zero-order valence-corrected chi connectivity index (χ0v) is 15.4. The van der Waals surface area contributed by atoms with Crippen molar-refractivity contribution in [2.24, 2.45) is 11.0 Å². The van der Waals surface area contributed by atoms with Gasteiger partial charge in [0, 0.05) is 13.0 Å². The van der Waals surface area contributed by atoms with Crippen molar-refractivity contribution >= 4 is 11.8 Å². The quantitative estimate of drug-likeness (QED) is 0.872. The van der Waals surface area contributed by atoms with Crippen molar-refractivity contribution in [1.82, 2.24) is 10.3 Å². The summed E-state index contributed by atoms with van der Waals surface area (Å²) in [6.07, 6.45) is 3.64. The van der Waals surface area contributed by atoms with Gasteiger partial charge in [-0.15, -0.1) is 0 Å². The average molecular weight is 357 g/mol. The molecule has 0 radical (unpaired) electrons. The number of hydrazone groups is 1. The first kappa shape index (κ1) is 18.5. The number of carbonyl (C=O) groups excluding carboxylic acids is 1. The molecule has 0 aromatic heterocycles. The second-order valence-corrected chi connectivity index (χ2v) is 6.98. The van der Waals surface area contributed by atoms with Crippen LogP contribution in [0.25, 0.3) is 0 Å². The van der Waals surface area contributed by atoms with E-state index < -0.39 is 0 Å². The molecule has 140 valence electrons. The van der Waals surface area contributed by atoms with E-state index in [4.69, 9.17) is 4.74 Å². The summed E-state index contributed by atoms with van der Waals surface area (Å²) in [7, 11) is 3.09. The van der Waals surface area contributed by atoms with E-state index in [1.165, 1.54) is 17.6 Å². The molecule has 1 aromatic carbocycles. The van der Waals surface area contributed by atoms with E-state index in [0.717, 1.165) is 49.1 Å².